The minimum atomic E-state index is -0.606. The molecule has 19 heavy (non-hydrogen) atoms. The van der Waals surface area contributed by atoms with Crippen LogP contribution in [0.15, 0.2) is 18.2 Å². The molecule has 0 aliphatic carbocycles. The van der Waals surface area contributed by atoms with Gasteiger partial charge < -0.3 is 20.3 Å². The molecule has 0 spiro atoms. The average molecular weight is 267 g/mol. The van der Waals surface area contributed by atoms with E-state index in [1.165, 1.54) is 5.56 Å². The molecule has 4 heteroatoms. The van der Waals surface area contributed by atoms with Crippen molar-refractivity contribution < 1.29 is 14.9 Å². The number of ether oxygens (including phenoxy) is 1. The minimum absolute atomic E-state index is 0.0254. The molecular weight excluding hydrogens is 242 g/mol. The van der Waals surface area contributed by atoms with Gasteiger partial charge in [0.1, 0.15) is 18.5 Å². The molecule has 0 aliphatic heterocycles. The number of aliphatic hydroxyl groups excluding tert-OH is 2. The van der Waals surface area contributed by atoms with Crippen LogP contribution in [0.25, 0.3) is 0 Å². The smallest absolute Gasteiger partial charge is 0.122 e. The van der Waals surface area contributed by atoms with Gasteiger partial charge in [0.05, 0.1) is 6.61 Å². The third-order valence-corrected chi connectivity index (χ3v) is 3.20. The first-order valence-corrected chi connectivity index (χ1v) is 6.58. The lowest BCUT2D eigenvalue weighted by molar-refractivity contribution is 0.0904. The SMILES string of the molecule is Cc1cccc(OCC(O)CNC(C)(C)CO)c1C. The van der Waals surface area contributed by atoms with Gasteiger partial charge in [-0.25, -0.2) is 0 Å². The lowest BCUT2D eigenvalue weighted by Gasteiger charge is -2.25. The summed E-state index contributed by atoms with van der Waals surface area (Å²) in [6.45, 7) is 8.44. The highest BCUT2D eigenvalue weighted by atomic mass is 16.5. The Bertz CT molecular complexity index is 404. The van der Waals surface area contributed by atoms with Crippen LogP contribution in [0.5, 0.6) is 5.75 Å². The van der Waals surface area contributed by atoms with Crippen molar-refractivity contribution >= 4 is 0 Å². The summed E-state index contributed by atoms with van der Waals surface area (Å²) < 4.78 is 5.63. The topological polar surface area (TPSA) is 61.7 Å². The highest BCUT2D eigenvalue weighted by Gasteiger charge is 2.17. The predicted octanol–water partition coefficient (Wildman–Crippen LogP) is 1.40. The monoisotopic (exact) mass is 267 g/mol. The van der Waals surface area contributed by atoms with E-state index in [0.717, 1.165) is 11.3 Å². The Morgan fingerprint density at radius 2 is 2.00 bits per heavy atom. The highest BCUT2D eigenvalue weighted by molar-refractivity contribution is 5.38. The van der Waals surface area contributed by atoms with E-state index in [2.05, 4.69) is 5.32 Å². The Kier molecular flexibility index (Phi) is 5.79. The quantitative estimate of drug-likeness (QED) is 0.699. The molecule has 108 valence electrons. The fourth-order valence-electron chi connectivity index (χ4n) is 1.58. The van der Waals surface area contributed by atoms with Crippen molar-refractivity contribution in [1.29, 1.82) is 0 Å². The van der Waals surface area contributed by atoms with Crippen LogP contribution in [0.1, 0.15) is 25.0 Å². The second-order valence-electron chi connectivity index (χ2n) is 5.59. The number of β-amino-alcohol motifs (C(OH)–C–C–N with tert-alkyl or cyclic N) is 1. The third kappa shape index (κ3) is 5.19. The van der Waals surface area contributed by atoms with Crippen molar-refractivity contribution in [2.75, 3.05) is 19.8 Å². The lowest BCUT2D eigenvalue weighted by atomic mass is 10.1. The molecule has 0 saturated carbocycles. The number of hydrogen-bond acceptors (Lipinski definition) is 4. The summed E-state index contributed by atoms with van der Waals surface area (Å²) in [4.78, 5) is 0. The number of hydrogen-bond donors (Lipinski definition) is 3. The zero-order valence-corrected chi connectivity index (χ0v) is 12.2. The summed E-state index contributed by atoms with van der Waals surface area (Å²) >= 11 is 0. The van der Waals surface area contributed by atoms with Gasteiger partial charge in [0.15, 0.2) is 0 Å². The molecule has 0 amide bonds. The zero-order valence-electron chi connectivity index (χ0n) is 12.2. The average Bonchev–Trinajstić information content (AvgIpc) is 2.38. The molecule has 1 unspecified atom stereocenters. The van der Waals surface area contributed by atoms with Crippen LogP contribution >= 0.6 is 0 Å². The molecule has 1 aromatic rings. The number of benzene rings is 1. The van der Waals surface area contributed by atoms with Gasteiger partial charge in [-0.15, -0.1) is 0 Å². The standard InChI is InChI=1S/C15H25NO3/c1-11-6-5-7-14(12(11)2)19-9-13(18)8-16-15(3,4)10-17/h5-7,13,16-18H,8-10H2,1-4H3. The van der Waals surface area contributed by atoms with E-state index >= 15 is 0 Å². The van der Waals surface area contributed by atoms with Crippen molar-refractivity contribution in [1.82, 2.24) is 5.32 Å². The Morgan fingerprint density at radius 1 is 1.32 bits per heavy atom. The van der Waals surface area contributed by atoms with Crippen LogP contribution in [0.2, 0.25) is 0 Å². The van der Waals surface area contributed by atoms with Crippen molar-refractivity contribution in [3.63, 3.8) is 0 Å². The number of aryl methyl sites for hydroxylation is 1. The minimum Gasteiger partial charge on any atom is -0.491 e. The van der Waals surface area contributed by atoms with Crippen LogP contribution in [0.3, 0.4) is 0 Å². The van der Waals surface area contributed by atoms with Crippen molar-refractivity contribution in [2.24, 2.45) is 0 Å². The predicted molar refractivity (Wildman–Crippen MR) is 76.6 cm³/mol. The number of rotatable bonds is 7. The molecule has 0 heterocycles. The summed E-state index contributed by atoms with van der Waals surface area (Å²) in [5.41, 5.74) is 1.88. The van der Waals surface area contributed by atoms with E-state index in [4.69, 9.17) is 9.84 Å². The van der Waals surface area contributed by atoms with Gasteiger partial charge in [-0.2, -0.15) is 0 Å². The van der Waals surface area contributed by atoms with E-state index in [0.29, 0.717) is 6.54 Å². The molecule has 3 N–H and O–H groups in total. The van der Waals surface area contributed by atoms with Gasteiger partial charge in [-0.1, -0.05) is 12.1 Å². The molecule has 0 fully saturated rings. The van der Waals surface area contributed by atoms with Crippen LogP contribution < -0.4 is 10.1 Å². The van der Waals surface area contributed by atoms with Gasteiger partial charge >= 0.3 is 0 Å². The van der Waals surface area contributed by atoms with Gasteiger partial charge in [-0.3, -0.25) is 0 Å². The van der Waals surface area contributed by atoms with Gasteiger partial charge in [-0.05, 0) is 44.9 Å². The van der Waals surface area contributed by atoms with Crippen LogP contribution in [0.4, 0.5) is 0 Å². The second-order valence-corrected chi connectivity index (χ2v) is 5.59. The Labute approximate surface area is 115 Å². The Hall–Kier alpha value is -1.10. The third-order valence-electron chi connectivity index (χ3n) is 3.20. The first kappa shape index (κ1) is 16.0. The molecule has 4 nitrogen and oxygen atoms in total. The van der Waals surface area contributed by atoms with E-state index in [1.54, 1.807) is 0 Å². The van der Waals surface area contributed by atoms with Crippen LogP contribution in [-0.2, 0) is 0 Å². The molecule has 1 rings (SSSR count). The molecule has 0 radical (unpaired) electrons. The van der Waals surface area contributed by atoms with E-state index in [9.17, 15) is 5.11 Å². The normalized spacial score (nSPS) is 13.4. The highest BCUT2D eigenvalue weighted by Crippen LogP contribution is 2.20. The molecule has 0 aliphatic rings. The lowest BCUT2D eigenvalue weighted by Crippen LogP contribution is -2.47. The number of nitrogens with one attached hydrogen (secondary N) is 1. The number of aliphatic hydroxyl groups is 2. The first-order chi connectivity index (χ1) is 8.85. The van der Waals surface area contributed by atoms with Crippen molar-refractivity contribution in [2.45, 2.75) is 39.3 Å². The Balaban J connectivity index is 2.42. The van der Waals surface area contributed by atoms with Gasteiger partial charge in [0.2, 0.25) is 0 Å². The molecule has 0 saturated heterocycles. The maximum absolute atomic E-state index is 9.86. The van der Waals surface area contributed by atoms with Gasteiger partial charge in [0, 0.05) is 12.1 Å². The van der Waals surface area contributed by atoms with E-state index < -0.39 is 6.10 Å². The maximum atomic E-state index is 9.86. The molecular formula is C15H25NO3. The summed E-state index contributed by atoms with van der Waals surface area (Å²) in [5.74, 6) is 0.806. The second kappa shape index (κ2) is 6.89. The van der Waals surface area contributed by atoms with Crippen molar-refractivity contribution in [3.05, 3.63) is 29.3 Å². The molecule has 0 aromatic heterocycles. The van der Waals surface area contributed by atoms with Crippen molar-refractivity contribution in [3.8, 4) is 5.75 Å². The fraction of sp³-hybridized carbons (Fsp3) is 0.600. The van der Waals surface area contributed by atoms with Crippen LogP contribution in [0, 0.1) is 13.8 Å². The zero-order chi connectivity index (χ0) is 14.5. The van der Waals surface area contributed by atoms with E-state index in [-0.39, 0.29) is 18.8 Å². The summed E-state index contributed by atoms with van der Waals surface area (Å²) in [6, 6.07) is 5.88. The van der Waals surface area contributed by atoms with Crippen LogP contribution in [-0.4, -0.2) is 41.6 Å². The molecule has 0 bridgehead atoms. The Morgan fingerprint density at radius 3 is 2.63 bits per heavy atom. The van der Waals surface area contributed by atoms with Gasteiger partial charge in [0.25, 0.3) is 0 Å². The summed E-state index contributed by atoms with van der Waals surface area (Å²) in [6.07, 6.45) is -0.606. The maximum Gasteiger partial charge on any atom is 0.122 e. The summed E-state index contributed by atoms with van der Waals surface area (Å²) in [5, 5.41) is 22.1. The molecule has 1 atom stereocenters. The fourth-order valence-corrected chi connectivity index (χ4v) is 1.58. The largest absolute Gasteiger partial charge is 0.491 e. The van der Waals surface area contributed by atoms with E-state index in [1.807, 2.05) is 45.9 Å². The molecule has 1 aromatic carbocycles. The summed E-state index contributed by atoms with van der Waals surface area (Å²) in [7, 11) is 0. The first-order valence-electron chi connectivity index (χ1n) is 6.58.